The average molecular weight is 196 g/mol. The summed E-state index contributed by atoms with van der Waals surface area (Å²) in [6.45, 7) is 1.38. The predicted molar refractivity (Wildman–Crippen MR) is 42.4 cm³/mol. The molecule has 0 aromatic heterocycles. The number of ether oxygens (including phenoxy) is 1. The van der Waals surface area contributed by atoms with Crippen molar-refractivity contribution in [3.05, 3.63) is 0 Å². The zero-order chi connectivity index (χ0) is 9.78. The van der Waals surface area contributed by atoms with Crippen LogP contribution in [-0.2, 0) is 19.7 Å². The first-order valence-electron chi connectivity index (χ1n) is 3.26. The van der Waals surface area contributed by atoms with E-state index in [9.17, 15) is 13.2 Å². The number of hydrogen-bond donors (Lipinski definition) is 1. The van der Waals surface area contributed by atoms with E-state index in [1.165, 1.54) is 7.11 Å². The van der Waals surface area contributed by atoms with Gasteiger partial charge in [0.15, 0.2) is 0 Å². The van der Waals surface area contributed by atoms with E-state index in [-0.39, 0.29) is 13.1 Å². The molecule has 0 radical (unpaired) electrons. The Balaban J connectivity index is 4.30. The van der Waals surface area contributed by atoms with Crippen molar-refractivity contribution < 1.29 is 17.9 Å². The van der Waals surface area contributed by atoms with Crippen molar-refractivity contribution in [2.75, 3.05) is 20.2 Å². The molecular formula is C5H12N2O4S. The summed E-state index contributed by atoms with van der Waals surface area (Å²) >= 11 is 0. The lowest BCUT2D eigenvalue weighted by Crippen LogP contribution is -2.40. The highest BCUT2D eigenvalue weighted by Crippen LogP contribution is 1.93. The maximum Gasteiger partial charge on any atom is 0.321 e. The van der Waals surface area contributed by atoms with Crippen LogP contribution in [0.5, 0.6) is 0 Å². The molecule has 0 aromatic rings. The SMILES string of the molecule is CCN(CC(=O)OC)S(N)(=O)=O. The van der Waals surface area contributed by atoms with Crippen LogP contribution in [0, 0.1) is 0 Å². The van der Waals surface area contributed by atoms with E-state index in [1.807, 2.05) is 0 Å². The lowest BCUT2D eigenvalue weighted by molar-refractivity contribution is -0.140. The molecule has 0 aliphatic heterocycles. The summed E-state index contributed by atoms with van der Waals surface area (Å²) in [5.41, 5.74) is 0. The van der Waals surface area contributed by atoms with Gasteiger partial charge in [0.1, 0.15) is 6.54 Å². The number of hydrogen-bond acceptors (Lipinski definition) is 4. The number of methoxy groups -OCH3 is 1. The minimum Gasteiger partial charge on any atom is -0.468 e. The second-order valence-corrected chi connectivity index (χ2v) is 3.59. The molecule has 7 heteroatoms. The number of nitrogens with two attached hydrogens (primary N) is 1. The van der Waals surface area contributed by atoms with Crippen LogP contribution in [0.2, 0.25) is 0 Å². The standard InChI is InChI=1S/C5H12N2O4S/c1-3-7(12(6,9)10)4-5(8)11-2/h3-4H2,1-2H3,(H2,6,9,10). The molecule has 12 heavy (non-hydrogen) atoms. The van der Waals surface area contributed by atoms with Crippen molar-refractivity contribution >= 4 is 16.2 Å². The lowest BCUT2D eigenvalue weighted by Gasteiger charge is -2.14. The van der Waals surface area contributed by atoms with Crippen LogP contribution in [0.3, 0.4) is 0 Å². The predicted octanol–water partition coefficient (Wildman–Crippen LogP) is -1.32. The van der Waals surface area contributed by atoms with Crippen LogP contribution in [0.25, 0.3) is 0 Å². The Hall–Kier alpha value is -0.660. The molecule has 0 aliphatic rings. The zero-order valence-corrected chi connectivity index (χ0v) is 7.80. The molecule has 2 N–H and O–H groups in total. The van der Waals surface area contributed by atoms with E-state index < -0.39 is 16.2 Å². The third-order valence-electron chi connectivity index (χ3n) is 1.25. The highest BCUT2D eigenvalue weighted by atomic mass is 32.2. The van der Waals surface area contributed by atoms with Gasteiger partial charge in [0.25, 0.3) is 10.2 Å². The number of carbonyl (C=O) groups is 1. The van der Waals surface area contributed by atoms with Gasteiger partial charge in [-0.1, -0.05) is 6.92 Å². The summed E-state index contributed by atoms with van der Waals surface area (Å²) in [6, 6.07) is 0. The molecule has 0 rings (SSSR count). The lowest BCUT2D eigenvalue weighted by atomic mass is 10.6. The van der Waals surface area contributed by atoms with Gasteiger partial charge in [-0.15, -0.1) is 0 Å². The van der Waals surface area contributed by atoms with Crippen LogP contribution in [-0.4, -0.2) is 38.9 Å². The second-order valence-electron chi connectivity index (χ2n) is 2.05. The Morgan fingerprint density at radius 3 is 2.33 bits per heavy atom. The second kappa shape index (κ2) is 4.39. The van der Waals surface area contributed by atoms with Gasteiger partial charge in [-0.25, -0.2) is 5.14 Å². The third-order valence-corrected chi connectivity index (χ3v) is 2.35. The van der Waals surface area contributed by atoms with Gasteiger partial charge < -0.3 is 4.74 Å². The fraction of sp³-hybridized carbons (Fsp3) is 0.800. The molecule has 0 aromatic carbocycles. The van der Waals surface area contributed by atoms with Crippen molar-refractivity contribution in [2.24, 2.45) is 5.14 Å². The summed E-state index contributed by atoms with van der Waals surface area (Å²) in [4.78, 5) is 10.6. The van der Waals surface area contributed by atoms with Crippen LogP contribution < -0.4 is 5.14 Å². The fourth-order valence-electron chi connectivity index (χ4n) is 0.590. The molecule has 0 spiro atoms. The minimum atomic E-state index is -3.79. The average Bonchev–Trinajstić information content (AvgIpc) is 1.97. The summed E-state index contributed by atoms with van der Waals surface area (Å²) in [5, 5.41) is 4.78. The summed E-state index contributed by atoms with van der Waals surface area (Å²) in [6.07, 6.45) is 0. The van der Waals surface area contributed by atoms with E-state index in [0.29, 0.717) is 0 Å². The molecule has 0 aliphatic carbocycles. The van der Waals surface area contributed by atoms with Gasteiger partial charge >= 0.3 is 5.97 Å². The molecule has 0 bridgehead atoms. The van der Waals surface area contributed by atoms with Crippen LogP contribution in [0.15, 0.2) is 0 Å². The number of likely N-dealkylation sites (N-methyl/N-ethyl adjacent to an activating group) is 1. The topological polar surface area (TPSA) is 89.7 Å². The highest BCUT2D eigenvalue weighted by molar-refractivity contribution is 7.86. The van der Waals surface area contributed by atoms with Gasteiger partial charge in [-0.05, 0) is 0 Å². The van der Waals surface area contributed by atoms with Crippen molar-refractivity contribution in [2.45, 2.75) is 6.92 Å². The Morgan fingerprint density at radius 2 is 2.08 bits per heavy atom. The first-order chi connectivity index (χ1) is 5.41. The van der Waals surface area contributed by atoms with Gasteiger partial charge in [-0.2, -0.15) is 12.7 Å². The molecule has 0 saturated heterocycles. The number of carbonyl (C=O) groups excluding carboxylic acids is 1. The largest absolute Gasteiger partial charge is 0.468 e. The molecule has 0 heterocycles. The maximum absolute atomic E-state index is 10.7. The van der Waals surface area contributed by atoms with Gasteiger partial charge in [0, 0.05) is 6.54 Å². The summed E-state index contributed by atoms with van der Waals surface area (Å²) < 4.78 is 26.5. The van der Waals surface area contributed by atoms with E-state index in [0.717, 1.165) is 4.31 Å². The normalized spacial score (nSPS) is 11.7. The molecule has 0 amide bonds. The monoisotopic (exact) mass is 196 g/mol. The number of esters is 1. The summed E-state index contributed by atoms with van der Waals surface area (Å²) in [7, 11) is -2.61. The highest BCUT2D eigenvalue weighted by Gasteiger charge is 2.18. The quantitative estimate of drug-likeness (QED) is 0.565. The zero-order valence-electron chi connectivity index (χ0n) is 6.98. The van der Waals surface area contributed by atoms with E-state index in [2.05, 4.69) is 4.74 Å². The van der Waals surface area contributed by atoms with Crippen molar-refractivity contribution in [1.29, 1.82) is 0 Å². The minimum absolute atomic E-state index is 0.147. The van der Waals surface area contributed by atoms with Crippen molar-refractivity contribution in [1.82, 2.24) is 4.31 Å². The number of rotatable bonds is 4. The molecule has 0 saturated carbocycles. The van der Waals surface area contributed by atoms with Crippen LogP contribution in [0.4, 0.5) is 0 Å². The Bertz CT molecular complexity index is 248. The Labute approximate surface area is 71.5 Å². The molecular weight excluding hydrogens is 184 g/mol. The van der Waals surface area contributed by atoms with E-state index in [4.69, 9.17) is 5.14 Å². The number of nitrogens with zero attached hydrogens (tertiary/aromatic N) is 1. The van der Waals surface area contributed by atoms with Crippen LogP contribution in [0.1, 0.15) is 6.92 Å². The van der Waals surface area contributed by atoms with E-state index in [1.54, 1.807) is 6.92 Å². The first-order valence-corrected chi connectivity index (χ1v) is 4.76. The van der Waals surface area contributed by atoms with Crippen LogP contribution >= 0.6 is 0 Å². The Morgan fingerprint density at radius 1 is 1.58 bits per heavy atom. The molecule has 0 fully saturated rings. The molecule has 6 nitrogen and oxygen atoms in total. The third kappa shape index (κ3) is 3.65. The van der Waals surface area contributed by atoms with Crippen molar-refractivity contribution in [3.63, 3.8) is 0 Å². The van der Waals surface area contributed by atoms with Crippen molar-refractivity contribution in [3.8, 4) is 0 Å². The maximum atomic E-state index is 10.7. The molecule has 0 atom stereocenters. The van der Waals surface area contributed by atoms with Gasteiger partial charge in [-0.3, -0.25) is 4.79 Å². The first kappa shape index (κ1) is 11.3. The Kier molecular flexibility index (Phi) is 4.15. The molecule has 72 valence electrons. The van der Waals surface area contributed by atoms with E-state index >= 15 is 0 Å². The molecule has 0 unspecified atom stereocenters. The fourth-order valence-corrected chi connectivity index (χ4v) is 1.24. The summed E-state index contributed by atoms with van der Waals surface area (Å²) in [5.74, 6) is -0.633. The van der Waals surface area contributed by atoms with Gasteiger partial charge in [0.05, 0.1) is 7.11 Å². The van der Waals surface area contributed by atoms with Gasteiger partial charge in [0.2, 0.25) is 0 Å². The smallest absolute Gasteiger partial charge is 0.321 e.